The number of nitrogens with two attached hydrogens (primary N) is 1. The van der Waals surface area contributed by atoms with Gasteiger partial charge in [0.1, 0.15) is 24.1 Å². The molecule has 0 radical (unpaired) electrons. The second-order valence-corrected chi connectivity index (χ2v) is 8.34. The summed E-state index contributed by atoms with van der Waals surface area (Å²) in [5.74, 6) is 1.80. The predicted octanol–water partition coefficient (Wildman–Crippen LogP) is 3.29. The molecular weight excluding hydrogens is 352 g/mol. The molecule has 2 unspecified atom stereocenters. The molecule has 1 fully saturated rings. The van der Waals surface area contributed by atoms with Crippen LogP contribution in [0.15, 0.2) is 41.5 Å². The van der Waals surface area contributed by atoms with E-state index in [4.69, 9.17) is 15.5 Å². The fourth-order valence-corrected chi connectivity index (χ4v) is 4.57. The van der Waals surface area contributed by atoms with Gasteiger partial charge >= 0.3 is 0 Å². The van der Waals surface area contributed by atoms with Crippen molar-refractivity contribution in [2.45, 2.75) is 56.7 Å². The highest BCUT2D eigenvalue weighted by atomic mass is 16.5. The number of aliphatic hydroxyl groups is 1. The zero-order valence-electron chi connectivity index (χ0n) is 16.6. The van der Waals surface area contributed by atoms with Gasteiger partial charge in [-0.3, -0.25) is 4.98 Å². The lowest BCUT2D eigenvalue weighted by molar-refractivity contribution is 0.00760. The Bertz CT molecular complexity index is 849. The lowest BCUT2D eigenvalue weighted by Gasteiger charge is -2.42. The fourth-order valence-electron chi connectivity index (χ4n) is 4.57. The van der Waals surface area contributed by atoms with E-state index in [1.807, 2.05) is 30.3 Å². The van der Waals surface area contributed by atoms with E-state index >= 15 is 0 Å². The first kappa shape index (κ1) is 19.0. The lowest BCUT2D eigenvalue weighted by Crippen LogP contribution is -2.54. The van der Waals surface area contributed by atoms with Crippen LogP contribution in [0.3, 0.4) is 0 Å². The number of rotatable bonds is 5. The second-order valence-electron chi connectivity index (χ2n) is 8.34. The van der Waals surface area contributed by atoms with Crippen LogP contribution < -0.4 is 10.5 Å². The lowest BCUT2D eigenvalue weighted by atomic mass is 9.77. The zero-order chi connectivity index (χ0) is 19.6. The van der Waals surface area contributed by atoms with Gasteiger partial charge in [0.25, 0.3) is 0 Å². The first-order valence-electron chi connectivity index (χ1n) is 10.3. The van der Waals surface area contributed by atoms with Gasteiger partial charge in [-0.05, 0) is 36.6 Å². The summed E-state index contributed by atoms with van der Waals surface area (Å²) in [6.07, 6.45) is 8.94. The average molecular weight is 383 g/mol. The number of aliphatic hydroxyl groups excluding tert-OH is 1. The molecule has 6 nitrogen and oxygen atoms in total. The minimum atomic E-state index is -0.634. The molecule has 1 saturated carbocycles. The number of guanidine groups is 1. The molecule has 3 N–H and O–H groups in total. The molecule has 0 saturated heterocycles. The van der Waals surface area contributed by atoms with Crippen LogP contribution in [0.5, 0.6) is 5.75 Å². The number of benzene rings is 1. The Labute approximate surface area is 166 Å². The number of ether oxygens (including phenoxy) is 1. The Balaban J connectivity index is 1.55. The first-order chi connectivity index (χ1) is 13.5. The maximum Gasteiger partial charge on any atom is 0.193 e. The number of hydrogen-bond donors (Lipinski definition) is 2. The SMILES string of the molecule is CN1C(N)=NC(COc2ccc3ncccc3c2)(CC2CCCCC2)CC1O. The van der Waals surface area contributed by atoms with E-state index < -0.39 is 11.8 Å². The van der Waals surface area contributed by atoms with E-state index in [0.29, 0.717) is 24.9 Å². The molecule has 0 spiro atoms. The van der Waals surface area contributed by atoms with E-state index in [-0.39, 0.29) is 0 Å². The van der Waals surface area contributed by atoms with Gasteiger partial charge in [-0.25, -0.2) is 4.99 Å². The van der Waals surface area contributed by atoms with Crippen molar-refractivity contribution in [3.8, 4) is 5.75 Å². The van der Waals surface area contributed by atoms with Gasteiger partial charge in [-0.1, -0.05) is 38.2 Å². The molecular formula is C22H30N4O2. The molecule has 2 aliphatic rings. The minimum absolute atomic E-state index is 0.390. The minimum Gasteiger partial charge on any atom is -0.491 e. The standard InChI is InChI=1S/C22H30N4O2/c1-26-20(27)14-22(25-21(26)23,13-16-6-3-2-4-7-16)15-28-18-9-10-19-17(12-18)8-5-11-24-19/h5,8-12,16,20,27H,2-4,6-7,13-15H2,1H3,(H2,23,25). The normalized spacial score (nSPS) is 26.3. The first-order valence-corrected chi connectivity index (χ1v) is 10.3. The summed E-state index contributed by atoms with van der Waals surface area (Å²) in [5, 5.41) is 11.6. The van der Waals surface area contributed by atoms with Crippen molar-refractivity contribution in [2.75, 3.05) is 13.7 Å². The van der Waals surface area contributed by atoms with E-state index in [9.17, 15) is 5.11 Å². The Kier molecular flexibility index (Phi) is 5.40. The van der Waals surface area contributed by atoms with Gasteiger partial charge in [-0.2, -0.15) is 0 Å². The number of aromatic nitrogens is 1. The Morgan fingerprint density at radius 1 is 1.25 bits per heavy atom. The summed E-state index contributed by atoms with van der Waals surface area (Å²) in [5.41, 5.74) is 6.61. The average Bonchev–Trinajstić information content (AvgIpc) is 2.71. The zero-order valence-corrected chi connectivity index (χ0v) is 16.6. The molecule has 1 aromatic carbocycles. The molecule has 1 aromatic heterocycles. The van der Waals surface area contributed by atoms with Crippen LogP contribution in [-0.4, -0.2) is 46.4 Å². The molecule has 28 heavy (non-hydrogen) atoms. The van der Waals surface area contributed by atoms with E-state index in [0.717, 1.165) is 23.1 Å². The van der Waals surface area contributed by atoms with Crippen molar-refractivity contribution >= 4 is 16.9 Å². The monoisotopic (exact) mass is 382 g/mol. The number of fused-ring (bicyclic) bond motifs is 1. The molecule has 0 amide bonds. The van der Waals surface area contributed by atoms with Gasteiger partial charge in [0.05, 0.1) is 5.52 Å². The van der Waals surface area contributed by atoms with E-state index in [1.54, 1.807) is 18.1 Å². The number of pyridine rings is 1. The number of aliphatic imine (C=N–C) groups is 1. The smallest absolute Gasteiger partial charge is 0.193 e. The van der Waals surface area contributed by atoms with Crippen LogP contribution in [0.2, 0.25) is 0 Å². The molecule has 0 bridgehead atoms. The van der Waals surface area contributed by atoms with E-state index in [1.165, 1.54) is 32.1 Å². The van der Waals surface area contributed by atoms with Crippen LogP contribution in [-0.2, 0) is 0 Å². The summed E-state index contributed by atoms with van der Waals surface area (Å²) in [4.78, 5) is 10.8. The molecule has 6 heteroatoms. The molecule has 2 heterocycles. The fraction of sp³-hybridized carbons (Fsp3) is 0.545. The Morgan fingerprint density at radius 3 is 2.86 bits per heavy atom. The number of nitrogens with zero attached hydrogens (tertiary/aromatic N) is 3. The van der Waals surface area contributed by atoms with Crippen LogP contribution in [0.4, 0.5) is 0 Å². The highest BCUT2D eigenvalue weighted by molar-refractivity contribution is 5.80. The summed E-state index contributed by atoms with van der Waals surface area (Å²) in [7, 11) is 1.78. The highest BCUT2D eigenvalue weighted by Crippen LogP contribution is 2.37. The third kappa shape index (κ3) is 4.07. The van der Waals surface area contributed by atoms with Crippen molar-refractivity contribution in [3.05, 3.63) is 36.5 Å². The van der Waals surface area contributed by atoms with Crippen LogP contribution in [0.25, 0.3) is 10.9 Å². The summed E-state index contributed by atoms with van der Waals surface area (Å²) < 4.78 is 6.21. The molecule has 1 aliphatic heterocycles. The molecule has 1 aliphatic carbocycles. The van der Waals surface area contributed by atoms with Crippen LogP contribution in [0.1, 0.15) is 44.9 Å². The highest BCUT2D eigenvalue weighted by Gasteiger charge is 2.41. The van der Waals surface area contributed by atoms with Gasteiger partial charge in [0.2, 0.25) is 0 Å². The Morgan fingerprint density at radius 2 is 2.07 bits per heavy atom. The molecule has 150 valence electrons. The van der Waals surface area contributed by atoms with Gasteiger partial charge in [0, 0.05) is 25.1 Å². The predicted molar refractivity (Wildman–Crippen MR) is 111 cm³/mol. The molecule has 4 rings (SSSR count). The van der Waals surface area contributed by atoms with Gasteiger partial charge in [0.15, 0.2) is 5.96 Å². The van der Waals surface area contributed by atoms with E-state index in [2.05, 4.69) is 4.98 Å². The summed E-state index contributed by atoms with van der Waals surface area (Å²) >= 11 is 0. The molecule has 2 aromatic rings. The Hall–Kier alpha value is -2.34. The third-order valence-electron chi connectivity index (χ3n) is 6.20. The van der Waals surface area contributed by atoms with Crippen molar-refractivity contribution in [1.82, 2.24) is 9.88 Å². The third-order valence-corrected chi connectivity index (χ3v) is 6.20. The van der Waals surface area contributed by atoms with Crippen molar-refractivity contribution < 1.29 is 9.84 Å². The maximum atomic E-state index is 10.6. The van der Waals surface area contributed by atoms with Crippen molar-refractivity contribution in [2.24, 2.45) is 16.6 Å². The largest absolute Gasteiger partial charge is 0.491 e. The van der Waals surface area contributed by atoms with Crippen LogP contribution >= 0.6 is 0 Å². The van der Waals surface area contributed by atoms with Gasteiger partial charge in [-0.15, -0.1) is 0 Å². The summed E-state index contributed by atoms with van der Waals surface area (Å²) in [6, 6.07) is 9.88. The van der Waals surface area contributed by atoms with Crippen LogP contribution in [0, 0.1) is 5.92 Å². The maximum absolute atomic E-state index is 10.6. The van der Waals surface area contributed by atoms with Crippen molar-refractivity contribution in [3.63, 3.8) is 0 Å². The van der Waals surface area contributed by atoms with Gasteiger partial charge < -0.3 is 20.5 Å². The van der Waals surface area contributed by atoms with Crippen molar-refractivity contribution in [1.29, 1.82) is 0 Å². The molecule has 2 atom stereocenters. The summed E-state index contributed by atoms with van der Waals surface area (Å²) in [6.45, 7) is 0.418. The topological polar surface area (TPSA) is 84.0 Å². The quantitative estimate of drug-likeness (QED) is 0.829. The second kappa shape index (κ2) is 7.95. The number of hydrogen-bond acceptors (Lipinski definition) is 6.